The van der Waals surface area contributed by atoms with Crippen molar-refractivity contribution in [1.29, 1.82) is 0 Å². The monoisotopic (exact) mass is 290 g/mol. The SMILES string of the molecule is C[C@]12CCC3C(CC[C@H]4CC(=O)CC[C@]34C)C1CC[C@H]2O. The fraction of sp³-hybridized carbons (Fsp3) is 0.947. The van der Waals surface area contributed by atoms with Crippen LogP contribution >= 0.6 is 0 Å². The molecule has 7 atom stereocenters. The van der Waals surface area contributed by atoms with Crippen LogP contribution in [-0.4, -0.2) is 17.0 Å². The molecule has 0 heterocycles. The predicted octanol–water partition coefficient (Wildman–Crippen LogP) is 3.96. The molecule has 0 aromatic carbocycles. The van der Waals surface area contributed by atoms with Gasteiger partial charge in [-0.3, -0.25) is 4.79 Å². The van der Waals surface area contributed by atoms with E-state index in [1.807, 2.05) is 0 Å². The first-order chi connectivity index (χ1) is 9.95. The molecule has 2 nitrogen and oxygen atoms in total. The van der Waals surface area contributed by atoms with Crippen molar-refractivity contribution in [2.75, 3.05) is 0 Å². The maximum atomic E-state index is 11.9. The Morgan fingerprint density at radius 2 is 1.71 bits per heavy atom. The summed E-state index contributed by atoms with van der Waals surface area (Å²) in [6, 6.07) is 0. The van der Waals surface area contributed by atoms with Crippen molar-refractivity contribution in [2.45, 2.75) is 77.7 Å². The largest absolute Gasteiger partial charge is 0.393 e. The van der Waals surface area contributed by atoms with Crippen molar-refractivity contribution in [3.05, 3.63) is 0 Å². The van der Waals surface area contributed by atoms with Crippen molar-refractivity contribution in [3.63, 3.8) is 0 Å². The van der Waals surface area contributed by atoms with Crippen LogP contribution in [0.1, 0.15) is 71.6 Å². The molecule has 3 unspecified atom stereocenters. The number of hydrogen-bond donors (Lipinski definition) is 1. The summed E-state index contributed by atoms with van der Waals surface area (Å²) in [5.41, 5.74) is 0.598. The van der Waals surface area contributed by atoms with Crippen LogP contribution in [0.5, 0.6) is 0 Å². The van der Waals surface area contributed by atoms with Crippen LogP contribution in [0.15, 0.2) is 0 Å². The van der Waals surface area contributed by atoms with E-state index < -0.39 is 0 Å². The summed E-state index contributed by atoms with van der Waals surface area (Å²) in [5.74, 6) is 3.52. The molecule has 1 N–H and O–H groups in total. The molecule has 0 bridgehead atoms. The normalized spacial score (nSPS) is 56.5. The van der Waals surface area contributed by atoms with Gasteiger partial charge in [-0.25, -0.2) is 0 Å². The molecular weight excluding hydrogens is 260 g/mol. The molecule has 118 valence electrons. The second-order valence-corrected chi connectivity index (χ2v) is 9.04. The highest BCUT2D eigenvalue weighted by Gasteiger charge is 2.59. The third-order valence-electron chi connectivity index (χ3n) is 8.43. The zero-order chi connectivity index (χ0) is 14.8. The lowest BCUT2D eigenvalue weighted by molar-refractivity contribution is -0.141. The Bertz CT molecular complexity index is 458. The minimum absolute atomic E-state index is 0.0677. The number of aliphatic hydroxyl groups is 1. The summed E-state index contributed by atoms with van der Waals surface area (Å²) < 4.78 is 0. The summed E-state index contributed by atoms with van der Waals surface area (Å²) in [7, 11) is 0. The Balaban J connectivity index is 1.64. The zero-order valence-corrected chi connectivity index (χ0v) is 13.6. The van der Waals surface area contributed by atoms with Gasteiger partial charge in [0.15, 0.2) is 0 Å². The summed E-state index contributed by atoms with van der Waals surface area (Å²) >= 11 is 0. The van der Waals surface area contributed by atoms with Gasteiger partial charge in [-0.15, -0.1) is 0 Å². The lowest BCUT2D eigenvalue weighted by atomic mass is 9.45. The Morgan fingerprint density at radius 3 is 2.52 bits per heavy atom. The van der Waals surface area contributed by atoms with Gasteiger partial charge in [0.2, 0.25) is 0 Å². The highest BCUT2D eigenvalue weighted by molar-refractivity contribution is 5.79. The van der Waals surface area contributed by atoms with Crippen molar-refractivity contribution in [2.24, 2.45) is 34.5 Å². The highest BCUT2D eigenvalue weighted by Crippen LogP contribution is 2.65. The number of aliphatic hydroxyl groups excluding tert-OH is 1. The summed E-state index contributed by atoms with van der Waals surface area (Å²) in [5, 5.41) is 10.5. The predicted molar refractivity (Wildman–Crippen MR) is 82.7 cm³/mol. The smallest absolute Gasteiger partial charge is 0.133 e. The van der Waals surface area contributed by atoms with Crippen LogP contribution in [0.3, 0.4) is 0 Å². The van der Waals surface area contributed by atoms with Crippen molar-refractivity contribution >= 4 is 5.78 Å². The van der Waals surface area contributed by atoms with Gasteiger partial charge >= 0.3 is 0 Å². The topological polar surface area (TPSA) is 37.3 Å². The van der Waals surface area contributed by atoms with Gasteiger partial charge in [0.05, 0.1) is 6.10 Å². The van der Waals surface area contributed by atoms with E-state index in [1.165, 1.54) is 32.1 Å². The molecule has 2 heteroatoms. The number of Topliss-reactive ketones (excluding diaryl/α,β-unsaturated/α-hetero) is 1. The standard InChI is InChI=1S/C19H30O2/c1-18-9-7-13(20)11-12(18)3-4-14-15-5-6-17(21)19(15,2)10-8-16(14)18/h12,14-17,21H,3-11H2,1-2H3/t12-,14?,15?,16?,17+,18-,19-/m0/s1. The van der Waals surface area contributed by atoms with Gasteiger partial charge in [0.25, 0.3) is 0 Å². The van der Waals surface area contributed by atoms with Crippen molar-refractivity contribution in [1.82, 2.24) is 0 Å². The summed E-state index contributed by atoms with van der Waals surface area (Å²) in [6.45, 7) is 4.85. The average molecular weight is 290 g/mol. The van der Waals surface area contributed by atoms with E-state index in [9.17, 15) is 9.90 Å². The third kappa shape index (κ3) is 1.84. The Kier molecular flexibility index (Phi) is 3.10. The molecule has 0 aliphatic heterocycles. The van der Waals surface area contributed by atoms with Gasteiger partial charge < -0.3 is 5.11 Å². The molecule has 0 radical (unpaired) electrons. The number of ketones is 1. The van der Waals surface area contributed by atoms with Gasteiger partial charge in [-0.05, 0) is 79.4 Å². The first kappa shape index (κ1) is 14.2. The van der Waals surface area contributed by atoms with Crippen LogP contribution in [0.4, 0.5) is 0 Å². The molecule has 0 spiro atoms. The van der Waals surface area contributed by atoms with E-state index in [-0.39, 0.29) is 11.5 Å². The van der Waals surface area contributed by atoms with E-state index in [0.29, 0.717) is 17.1 Å². The van der Waals surface area contributed by atoms with E-state index in [1.54, 1.807) is 0 Å². The third-order valence-corrected chi connectivity index (χ3v) is 8.43. The lowest BCUT2D eigenvalue weighted by Crippen LogP contribution is -2.54. The minimum Gasteiger partial charge on any atom is -0.393 e. The molecule has 4 rings (SSSR count). The second-order valence-electron chi connectivity index (χ2n) is 9.04. The van der Waals surface area contributed by atoms with Crippen LogP contribution in [0.25, 0.3) is 0 Å². The quantitative estimate of drug-likeness (QED) is 0.733. The molecule has 0 amide bonds. The Hall–Kier alpha value is -0.370. The van der Waals surface area contributed by atoms with Gasteiger partial charge in [0.1, 0.15) is 5.78 Å². The molecule has 21 heavy (non-hydrogen) atoms. The van der Waals surface area contributed by atoms with Crippen molar-refractivity contribution in [3.8, 4) is 0 Å². The van der Waals surface area contributed by atoms with Crippen LogP contribution in [0, 0.1) is 34.5 Å². The Morgan fingerprint density at radius 1 is 0.952 bits per heavy atom. The van der Waals surface area contributed by atoms with E-state index >= 15 is 0 Å². The average Bonchev–Trinajstić information content (AvgIpc) is 2.76. The lowest BCUT2D eigenvalue weighted by Gasteiger charge is -2.60. The summed E-state index contributed by atoms with van der Waals surface area (Å²) in [4.78, 5) is 11.9. The number of rotatable bonds is 0. The second kappa shape index (κ2) is 4.57. The molecule has 0 saturated heterocycles. The first-order valence-corrected chi connectivity index (χ1v) is 9.15. The Labute approximate surface area is 128 Å². The molecule has 0 aromatic rings. The molecular formula is C19H30O2. The van der Waals surface area contributed by atoms with E-state index in [2.05, 4.69) is 13.8 Å². The number of fused-ring (bicyclic) bond motifs is 5. The molecule has 4 saturated carbocycles. The molecule has 4 aliphatic carbocycles. The maximum Gasteiger partial charge on any atom is 0.133 e. The van der Waals surface area contributed by atoms with Gasteiger partial charge in [-0.2, -0.15) is 0 Å². The van der Waals surface area contributed by atoms with Gasteiger partial charge in [-0.1, -0.05) is 13.8 Å². The van der Waals surface area contributed by atoms with Crippen LogP contribution in [0.2, 0.25) is 0 Å². The van der Waals surface area contributed by atoms with E-state index in [0.717, 1.165) is 43.4 Å². The minimum atomic E-state index is -0.0677. The van der Waals surface area contributed by atoms with Crippen LogP contribution < -0.4 is 0 Å². The van der Waals surface area contributed by atoms with E-state index in [4.69, 9.17) is 0 Å². The summed E-state index contributed by atoms with van der Waals surface area (Å²) in [6.07, 6.45) is 10.0. The molecule has 0 aromatic heterocycles. The number of carbonyl (C=O) groups is 1. The fourth-order valence-corrected chi connectivity index (χ4v) is 7.02. The zero-order valence-electron chi connectivity index (χ0n) is 13.6. The molecule has 4 fully saturated rings. The fourth-order valence-electron chi connectivity index (χ4n) is 7.02. The highest BCUT2D eigenvalue weighted by atomic mass is 16.3. The number of hydrogen-bond acceptors (Lipinski definition) is 2. The number of carbonyl (C=O) groups excluding carboxylic acids is 1. The maximum absolute atomic E-state index is 11.9. The van der Waals surface area contributed by atoms with Crippen LogP contribution in [-0.2, 0) is 4.79 Å². The molecule has 4 aliphatic rings. The first-order valence-electron chi connectivity index (χ1n) is 9.15. The van der Waals surface area contributed by atoms with Crippen molar-refractivity contribution < 1.29 is 9.90 Å². The van der Waals surface area contributed by atoms with Gasteiger partial charge in [0, 0.05) is 12.8 Å².